The first-order valence-electron chi connectivity index (χ1n) is 4.10. The molecule has 0 bridgehead atoms. The first-order chi connectivity index (χ1) is 6.36. The van der Waals surface area contributed by atoms with Gasteiger partial charge >= 0.3 is 0 Å². The Morgan fingerprint density at radius 3 is 2.62 bits per heavy atom. The third kappa shape index (κ3) is 4.35. The summed E-state index contributed by atoms with van der Waals surface area (Å²) < 4.78 is 7.09. The molecule has 0 atom stereocenters. The van der Waals surface area contributed by atoms with Gasteiger partial charge in [-0.1, -0.05) is 0 Å². The molecule has 92 valence electrons. The van der Waals surface area contributed by atoms with Crippen molar-refractivity contribution in [2.45, 2.75) is 6.54 Å². The van der Waals surface area contributed by atoms with Gasteiger partial charge in [0.25, 0.3) is 0 Å². The molecular formula is C9H14Cl3N3O. The van der Waals surface area contributed by atoms with Crippen molar-refractivity contribution in [2.75, 3.05) is 5.32 Å². The van der Waals surface area contributed by atoms with E-state index in [9.17, 15) is 0 Å². The van der Waals surface area contributed by atoms with E-state index in [0.717, 1.165) is 11.7 Å². The number of rotatable bonds is 3. The number of nitrogens with zero attached hydrogens (tertiary/aromatic N) is 2. The van der Waals surface area contributed by atoms with Crippen LogP contribution in [-0.4, -0.2) is 9.55 Å². The van der Waals surface area contributed by atoms with E-state index >= 15 is 0 Å². The maximum atomic E-state index is 5.17. The van der Waals surface area contributed by atoms with E-state index in [1.54, 1.807) is 12.5 Å². The van der Waals surface area contributed by atoms with Gasteiger partial charge in [-0.25, -0.2) is 4.98 Å². The zero-order chi connectivity index (χ0) is 9.10. The molecule has 0 aliphatic carbocycles. The minimum absolute atomic E-state index is 0. The van der Waals surface area contributed by atoms with Crippen molar-refractivity contribution in [1.29, 1.82) is 0 Å². The van der Waals surface area contributed by atoms with Crippen molar-refractivity contribution in [2.24, 2.45) is 7.05 Å². The molecule has 7 heteroatoms. The fraction of sp³-hybridized carbons (Fsp3) is 0.222. The molecule has 4 nitrogen and oxygen atoms in total. The number of imidazole rings is 1. The largest absolute Gasteiger partial charge is 0.467 e. The molecule has 2 rings (SSSR count). The van der Waals surface area contributed by atoms with Crippen LogP contribution in [0.15, 0.2) is 35.2 Å². The summed E-state index contributed by atoms with van der Waals surface area (Å²) in [5, 5.41) is 3.15. The SMILES string of the molecule is Cl.Cl.Cl.Cn1ccnc1NCc1ccco1. The van der Waals surface area contributed by atoms with Crippen molar-refractivity contribution < 1.29 is 4.42 Å². The lowest BCUT2D eigenvalue weighted by molar-refractivity contribution is 0.517. The number of hydrogen-bond donors (Lipinski definition) is 1. The average Bonchev–Trinajstić information content (AvgIpc) is 2.72. The van der Waals surface area contributed by atoms with Crippen LogP contribution in [0.5, 0.6) is 0 Å². The highest BCUT2D eigenvalue weighted by Crippen LogP contribution is 2.05. The van der Waals surface area contributed by atoms with Crippen LogP contribution in [0.1, 0.15) is 5.76 Å². The maximum absolute atomic E-state index is 5.17. The molecular weight excluding hydrogens is 272 g/mol. The molecule has 16 heavy (non-hydrogen) atoms. The van der Waals surface area contributed by atoms with E-state index < -0.39 is 0 Å². The molecule has 2 heterocycles. The van der Waals surface area contributed by atoms with E-state index in [2.05, 4.69) is 10.3 Å². The summed E-state index contributed by atoms with van der Waals surface area (Å²) >= 11 is 0. The number of aromatic nitrogens is 2. The molecule has 1 N–H and O–H groups in total. The second kappa shape index (κ2) is 8.33. The predicted octanol–water partition coefficient (Wildman–Crippen LogP) is 2.89. The topological polar surface area (TPSA) is 43.0 Å². The fourth-order valence-electron chi connectivity index (χ4n) is 1.12. The molecule has 0 saturated heterocycles. The number of halogens is 3. The van der Waals surface area contributed by atoms with Gasteiger partial charge in [-0.2, -0.15) is 0 Å². The minimum Gasteiger partial charge on any atom is -0.467 e. The lowest BCUT2D eigenvalue weighted by Crippen LogP contribution is -2.03. The molecule has 0 radical (unpaired) electrons. The van der Waals surface area contributed by atoms with Crippen LogP contribution >= 0.6 is 37.2 Å². The van der Waals surface area contributed by atoms with Crippen LogP contribution in [0.25, 0.3) is 0 Å². The Labute approximate surface area is 113 Å². The highest BCUT2D eigenvalue weighted by atomic mass is 35.5. The summed E-state index contributed by atoms with van der Waals surface area (Å²) in [5.74, 6) is 1.75. The second-order valence-electron chi connectivity index (χ2n) is 2.79. The van der Waals surface area contributed by atoms with E-state index in [4.69, 9.17) is 4.42 Å². The Hall–Kier alpha value is -0.840. The number of furan rings is 1. The van der Waals surface area contributed by atoms with Crippen LogP contribution < -0.4 is 5.32 Å². The van der Waals surface area contributed by atoms with Crippen LogP contribution in [-0.2, 0) is 13.6 Å². The molecule has 0 unspecified atom stereocenters. The average molecular weight is 287 g/mol. The van der Waals surface area contributed by atoms with E-state index in [1.807, 2.05) is 29.9 Å². The van der Waals surface area contributed by atoms with Crippen molar-refractivity contribution in [3.63, 3.8) is 0 Å². The van der Waals surface area contributed by atoms with Gasteiger partial charge in [0.05, 0.1) is 12.8 Å². The van der Waals surface area contributed by atoms with Crippen LogP contribution in [0, 0.1) is 0 Å². The van der Waals surface area contributed by atoms with Gasteiger partial charge in [0, 0.05) is 19.4 Å². The van der Waals surface area contributed by atoms with E-state index in [-0.39, 0.29) is 37.2 Å². The zero-order valence-electron chi connectivity index (χ0n) is 8.62. The fourth-order valence-corrected chi connectivity index (χ4v) is 1.12. The predicted molar refractivity (Wildman–Crippen MR) is 71.0 cm³/mol. The van der Waals surface area contributed by atoms with Gasteiger partial charge in [-0.15, -0.1) is 37.2 Å². The summed E-state index contributed by atoms with van der Waals surface area (Å²) in [6.07, 6.45) is 5.31. The highest BCUT2D eigenvalue weighted by molar-refractivity contribution is 5.86. The molecule has 2 aromatic heterocycles. The van der Waals surface area contributed by atoms with Gasteiger partial charge in [0.15, 0.2) is 0 Å². The highest BCUT2D eigenvalue weighted by Gasteiger charge is 1.98. The summed E-state index contributed by atoms with van der Waals surface area (Å²) in [4.78, 5) is 4.13. The van der Waals surface area contributed by atoms with Crippen molar-refractivity contribution >= 4 is 43.2 Å². The first-order valence-corrected chi connectivity index (χ1v) is 4.10. The van der Waals surface area contributed by atoms with E-state index in [0.29, 0.717) is 6.54 Å². The Morgan fingerprint density at radius 2 is 2.12 bits per heavy atom. The maximum Gasteiger partial charge on any atom is 0.202 e. The van der Waals surface area contributed by atoms with Crippen LogP contribution in [0.2, 0.25) is 0 Å². The van der Waals surface area contributed by atoms with Crippen molar-refractivity contribution in [3.8, 4) is 0 Å². The molecule has 0 aliphatic rings. The molecule has 0 saturated carbocycles. The minimum atomic E-state index is 0. The molecule has 2 aromatic rings. The monoisotopic (exact) mass is 285 g/mol. The Bertz CT molecular complexity index is 375. The van der Waals surface area contributed by atoms with Gasteiger partial charge in [0.1, 0.15) is 5.76 Å². The van der Waals surface area contributed by atoms with Crippen molar-refractivity contribution in [1.82, 2.24) is 9.55 Å². The second-order valence-corrected chi connectivity index (χ2v) is 2.79. The number of hydrogen-bond acceptors (Lipinski definition) is 3. The van der Waals surface area contributed by atoms with Gasteiger partial charge in [-0.3, -0.25) is 0 Å². The lowest BCUT2D eigenvalue weighted by Gasteiger charge is -2.02. The Kier molecular flexibility index (Phi) is 9.14. The molecule has 0 aromatic carbocycles. The van der Waals surface area contributed by atoms with Crippen LogP contribution in [0.4, 0.5) is 5.95 Å². The van der Waals surface area contributed by atoms with Crippen molar-refractivity contribution in [3.05, 3.63) is 36.5 Å². The standard InChI is InChI=1S/C9H11N3O.3ClH/c1-12-5-4-10-9(12)11-7-8-3-2-6-13-8;;;/h2-6H,7H2,1H3,(H,10,11);3*1H. The third-order valence-corrected chi connectivity index (χ3v) is 1.82. The number of aryl methyl sites for hydroxylation is 1. The molecule has 0 aliphatic heterocycles. The zero-order valence-corrected chi connectivity index (χ0v) is 11.1. The Morgan fingerprint density at radius 1 is 1.38 bits per heavy atom. The van der Waals surface area contributed by atoms with Gasteiger partial charge in [0.2, 0.25) is 5.95 Å². The summed E-state index contributed by atoms with van der Waals surface area (Å²) in [7, 11) is 1.94. The number of anilines is 1. The first kappa shape index (κ1) is 17.6. The molecule has 0 amide bonds. The van der Waals surface area contributed by atoms with Gasteiger partial charge in [-0.05, 0) is 12.1 Å². The smallest absolute Gasteiger partial charge is 0.202 e. The van der Waals surface area contributed by atoms with Crippen LogP contribution in [0.3, 0.4) is 0 Å². The van der Waals surface area contributed by atoms with E-state index in [1.165, 1.54) is 0 Å². The van der Waals surface area contributed by atoms with Gasteiger partial charge < -0.3 is 14.3 Å². The quantitative estimate of drug-likeness (QED) is 0.943. The summed E-state index contributed by atoms with van der Waals surface area (Å²) in [6.45, 7) is 0.665. The molecule has 0 fully saturated rings. The lowest BCUT2D eigenvalue weighted by atomic mass is 10.4. The Balaban J connectivity index is 0. The normalized spacial score (nSPS) is 8.31. The third-order valence-electron chi connectivity index (χ3n) is 1.82. The molecule has 0 spiro atoms. The number of nitrogens with one attached hydrogen (secondary N) is 1. The summed E-state index contributed by atoms with van der Waals surface area (Å²) in [6, 6.07) is 3.80. The summed E-state index contributed by atoms with van der Waals surface area (Å²) in [5.41, 5.74) is 0.